The zero-order valence-corrected chi connectivity index (χ0v) is 8.09. The van der Waals surface area contributed by atoms with Gasteiger partial charge in [0.25, 0.3) is 0 Å². The molecule has 0 aliphatic rings. The van der Waals surface area contributed by atoms with Crippen molar-refractivity contribution in [1.29, 1.82) is 0 Å². The molecular weight excluding hydrogens is 174 g/mol. The number of benzene rings is 1. The van der Waals surface area contributed by atoms with E-state index in [1.165, 1.54) is 5.56 Å². The van der Waals surface area contributed by atoms with Gasteiger partial charge >= 0.3 is 0 Å². The number of hydrogen-bond donors (Lipinski definition) is 1. The Bertz CT molecular complexity index is 308. The predicted octanol–water partition coefficient (Wildman–Crippen LogP) is 2.05. The molecule has 3 heteroatoms. The zero-order chi connectivity index (χ0) is 10.2. The van der Waals surface area contributed by atoms with Crippen LogP contribution in [0.5, 0.6) is 0 Å². The SMILES string of the molecule is Cc1ccccc1.Nc1ncccn1. The Morgan fingerprint density at radius 3 is 1.79 bits per heavy atom. The van der Waals surface area contributed by atoms with Crippen LogP contribution in [0.1, 0.15) is 5.56 Å². The number of rotatable bonds is 0. The average molecular weight is 187 g/mol. The van der Waals surface area contributed by atoms with Gasteiger partial charge in [0, 0.05) is 12.4 Å². The Labute approximate surface area is 83.6 Å². The highest BCUT2D eigenvalue weighted by molar-refractivity contribution is 5.12. The van der Waals surface area contributed by atoms with Gasteiger partial charge in [-0.05, 0) is 13.0 Å². The van der Waals surface area contributed by atoms with Crippen LogP contribution >= 0.6 is 0 Å². The van der Waals surface area contributed by atoms with Crippen LogP contribution in [0.15, 0.2) is 48.8 Å². The molecule has 1 aromatic heterocycles. The van der Waals surface area contributed by atoms with Crippen LogP contribution in [-0.4, -0.2) is 9.97 Å². The molecular formula is C11H13N3. The van der Waals surface area contributed by atoms with E-state index in [1.807, 2.05) is 18.2 Å². The highest BCUT2D eigenvalue weighted by Crippen LogP contribution is 1.92. The molecule has 14 heavy (non-hydrogen) atoms. The largest absolute Gasteiger partial charge is 0.368 e. The average Bonchev–Trinajstić information content (AvgIpc) is 2.21. The van der Waals surface area contributed by atoms with E-state index in [9.17, 15) is 0 Å². The molecule has 72 valence electrons. The third-order valence-electron chi connectivity index (χ3n) is 1.53. The van der Waals surface area contributed by atoms with Crippen molar-refractivity contribution >= 4 is 5.95 Å². The van der Waals surface area contributed by atoms with E-state index in [0.717, 1.165) is 0 Å². The molecule has 0 radical (unpaired) electrons. The van der Waals surface area contributed by atoms with Crippen molar-refractivity contribution in [3.8, 4) is 0 Å². The number of aromatic nitrogens is 2. The van der Waals surface area contributed by atoms with Gasteiger partial charge in [0.1, 0.15) is 0 Å². The van der Waals surface area contributed by atoms with Crippen molar-refractivity contribution in [1.82, 2.24) is 9.97 Å². The molecule has 2 aromatic rings. The maximum atomic E-state index is 5.14. The Hall–Kier alpha value is -1.90. The van der Waals surface area contributed by atoms with E-state index in [1.54, 1.807) is 18.5 Å². The summed E-state index contributed by atoms with van der Waals surface area (Å²) in [5, 5.41) is 0. The molecule has 0 fully saturated rings. The monoisotopic (exact) mass is 187 g/mol. The molecule has 3 nitrogen and oxygen atoms in total. The van der Waals surface area contributed by atoms with E-state index < -0.39 is 0 Å². The number of hydrogen-bond acceptors (Lipinski definition) is 3. The third-order valence-corrected chi connectivity index (χ3v) is 1.53. The molecule has 0 saturated heterocycles. The van der Waals surface area contributed by atoms with Crippen LogP contribution in [-0.2, 0) is 0 Å². The quantitative estimate of drug-likeness (QED) is 0.686. The number of aryl methyl sites for hydroxylation is 1. The lowest BCUT2D eigenvalue weighted by atomic mass is 10.2. The fourth-order valence-corrected chi connectivity index (χ4v) is 0.845. The summed E-state index contributed by atoms with van der Waals surface area (Å²) in [6.07, 6.45) is 3.20. The van der Waals surface area contributed by atoms with Crippen LogP contribution in [0.2, 0.25) is 0 Å². The third kappa shape index (κ3) is 4.21. The van der Waals surface area contributed by atoms with Crippen molar-refractivity contribution in [2.24, 2.45) is 0 Å². The van der Waals surface area contributed by atoms with Gasteiger partial charge in [-0.1, -0.05) is 35.9 Å². The lowest BCUT2D eigenvalue weighted by Crippen LogP contribution is -1.90. The molecule has 0 aliphatic carbocycles. The van der Waals surface area contributed by atoms with Gasteiger partial charge in [-0.3, -0.25) is 0 Å². The minimum Gasteiger partial charge on any atom is -0.368 e. The normalized spacial score (nSPS) is 8.64. The Kier molecular flexibility index (Phi) is 4.14. The molecule has 0 saturated carbocycles. The van der Waals surface area contributed by atoms with Crippen LogP contribution in [0.4, 0.5) is 5.95 Å². The van der Waals surface area contributed by atoms with E-state index in [-0.39, 0.29) is 0 Å². The molecule has 1 aromatic carbocycles. The molecule has 0 spiro atoms. The number of nitrogens with zero attached hydrogens (tertiary/aromatic N) is 2. The van der Waals surface area contributed by atoms with Crippen molar-refractivity contribution in [3.05, 3.63) is 54.4 Å². The Morgan fingerprint density at radius 1 is 0.929 bits per heavy atom. The number of nitrogens with two attached hydrogens (primary N) is 1. The first-order valence-electron chi connectivity index (χ1n) is 4.33. The maximum Gasteiger partial charge on any atom is 0.219 e. The second-order valence-corrected chi connectivity index (χ2v) is 2.76. The topological polar surface area (TPSA) is 51.8 Å². The first-order chi connectivity index (χ1) is 6.79. The molecule has 0 aliphatic heterocycles. The van der Waals surface area contributed by atoms with Gasteiger partial charge in [0.2, 0.25) is 5.95 Å². The van der Waals surface area contributed by atoms with Crippen LogP contribution in [0.25, 0.3) is 0 Å². The molecule has 0 amide bonds. The fourth-order valence-electron chi connectivity index (χ4n) is 0.845. The summed E-state index contributed by atoms with van der Waals surface area (Å²) in [5.41, 5.74) is 6.46. The molecule has 1 heterocycles. The van der Waals surface area contributed by atoms with Gasteiger partial charge in [-0.15, -0.1) is 0 Å². The highest BCUT2D eigenvalue weighted by atomic mass is 15.0. The van der Waals surface area contributed by atoms with Crippen molar-refractivity contribution < 1.29 is 0 Å². The first-order valence-corrected chi connectivity index (χ1v) is 4.33. The highest BCUT2D eigenvalue weighted by Gasteiger charge is 1.75. The summed E-state index contributed by atoms with van der Waals surface area (Å²) >= 11 is 0. The van der Waals surface area contributed by atoms with Crippen molar-refractivity contribution in [3.63, 3.8) is 0 Å². The lowest BCUT2D eigenvalue weighted by molar-refractivity contribution is 1.19. The van der Waals surface area contributed by atoms with Crippen LogP contribution in [0.3, 0.4) is 0 Å². The second-order valence-electron chi connectivity index (χ2n) is 2.76. The van der Waals surface area contributed by atoms with Gasteiger partial charge in [0.15, 0.2) is 0 Å². The Morgan fingerprint density at radius 2 is 1.50 bits per heavy atom. The molecule has 0 bridgehead atoms. The summed E-state index contributed by atoms with van der Waals surface area (Å²) in [6.45, 7) is 2.08. The molecule has 2 N–H and O–H groups in total. The van der Waals surface area contributed by atoms with Gasteiger partial charge in [0.05, 0.1) is 0 Å². The van der Waals surface area contributed by atoms with Gasteiger partial charge < -0.3 is 5.73 Å². The van der Waals surface area contributed by atoms with Crippen LogP contribution in [0, 0.1) is 6.92 Å². The van der Waals surface area contributed by atoms with E-state index in [2.05, 4.69) is 29.0 Å². The molecule has 2 rings (SSSR count). The van der Waals surface area contributed by atoms with Gasteiger partial charge in [-0.25, -0.2) is 9.97 Å². The molecule has 0 atom stereocenters. The fraction of sp³-hybridized carbons (Fsp3) is 0.0909. The smallest absolute Gasteiger partial charge is 0.219 e. The first kappa shape index (κ1) is 10.2. The maximum absolute atomic E-state index is 5.14. The summed E-state index contributed by atoms with van der Waals surface area (Å²) < 4.78 is 0. The van der Waals surface area contributed by atoms with Crippen LogP contribution < -0.4 is 5.73 Å². The lowest BCUT2D eigenvalue weighted by Gasteiger charge is -1.82. The minimum atomic E-state index is 0.322. The number of anilines is 1. The minimum absolute atomic E-state index is 0.322. The summed E-state index contributed by atoms with van der Waals surface area (Å²) in [5.74, 6) is 0.322. The Balaban J connectivity index is 0.000000140. The zero-order valence-electron chi connectivity index (χ0n) is 8.09. The number of nitrogen functional groups attached to an aromatic ring is 1. The second kappa shape index (κ2) is 5.70. The predicted molar refractivity (Wildman–Crippen MR) is 57.6 cm³/mol. The summed E-state index contributed by atoms with van der Waals surface area (Å²) in [6, 6.07) is 12.0. The molecule has 0 unspecified atom stereocenters. The standard InChI is InChI=1S/C7H8.C4H5N3/c1-7-5-3-2-4-6-7;5-4-6-2-1-3-7-4/h2-6H,1H3;1-3H,(H2,5,6,7). The van der Waals surface area contributed by atoms with Gasteiger partial charge in [-0.2, -0.15) is 0 Å². The summed E-state index contributed by atoms with van der Waals surface area (Å²) in [7, 11) is 0. The van der Waals surface area contributed by atoms with E-state index in [0.29, 0.717) is 5.95 Å². The van der Waals surface area contributed by atoms with Crippen molar-refractivity contribution in [2.75, 3.05) is 5.73 Å². The van der Waals surface area contributed by atoms with Crippen molar-refractivity contribution in [2.45, 2.75) is 6.92 Å². The van der Waals surface area contributed by atoms with E-state index >= 15 is 0 Å². The van der Waals surface area contributed by atoms with E-state index in [4.69, 9.17) is 5.73 Å². The summed E-state index contributed by atoms with van der Waals surface area (Å²) in [4.78, 5) is 7.29.